The Hall–Kier alpha value is -2.72. The number of thioether (sulfide) groups is 1. The van der Waals surface area contributed by atoms with E-state index < -0.39 is 9.84 Å². The van der Waals surface area contributed by atoms with Gasteiger partial charge in [-0.25, -0.2) is 8.42 Å². The fourth-order valence-electron chi connectivity index (χ4n) is 4.21. The Labute approximate surface area is 190 Å². The van der Waals surface area contributed by atoms with E-state index in [0.717, 1.165) is 11.1 Å². The molecule has 1 amide bonds. The fourth-order valence-corrected chi connectivity index (χ4v) is 8.18. The highest BCUT2D eigenvalue weighted by molar-refractivity contribution is 8.15. The Kier molecular flexibility index (Phi) is 5.50. The molecule has 10 heteroatoms. The molecule has 32 heavy (non-hydrogen) atoms. The molecule has 0 unspecified atom stereocenters. The lowest BCUT2D eigenvalue weighted by atomic mass is 10.1. The molecule has 2 fully saturated rings. The summed E-state index contributed by atoms with van der Waals surface area (Å²) < 4.78 is 40.6. The third-order valence-electron chi connectivity index (χ3n) is 5.72. The number of fused-ring (bicyclic) bond motifs is 2. The lowest BCUT2D eigenvalue weighted by Crippen LogP contribution is -2.37. The van der Waals surface area contributed by atoms with Gasteiger partial charge in [0.05, 0.1) is 31.1 Å². The minimum atomic E-state index is -3.11. The zero-order valence-corrected chi connectivity index (χ0v) is 19.0. The van der Waals surface area contributed by atoms with Crippen LogP contribution in [0.25, 0.3) is 0 Å². The maximum absolute atomic E-state index is 12.8. The second-order valence-corrected chi connectivity index (χ2v) is 11.3. The Morgan fingerprint density at radius 3 is 2.84 bits per heavy atom. The molecule has 3 aliphatic rings. The lowest BCUT2D eigenvalue weighted by molar-refractivity contribution is -0.117. The zero-order chi connectivity index (χ0) is 22.3. The van der Waals surface area contributed by atoms with Gasteiger partial charge in [-0.3, -0.25) is 4.79 Å². The number of ether oxygens (including phenoxy) is 3. The van der Waals surface area contributed by atoms with E-state index in [1.165, 1.54) is 11.8 Å². The first-order valence-electron chi connectivity index (χ1n) is 10.2. The molecule has 0 aliphatic carbocycles. The van der Waals surface area contributed by atoms with Crippen molar-refractivity contribution in [3.8, 4) is 17.2 Å². The van der Waals surface area contributed by atoms with E-state index in [2.05, 4.69) is 4.99 Å². The SMILES string of the molecule is COc1ccccc1CC(=O)N=C1S[C@@H]2CS(=O)(=O)C[C@H]2N1Cc1ccc2c(c1)OCO2. The second-order valence-electron chi connectivity index (χ2n) is 7.89. The molecule has 2 atom stereocenters. The van der Waals surface area contributed by atoms with Gasteiger partial charge in [0, 0.05) is 17.4 Å². The van der Waals surface area contributed by atoms with E-state index in [-0.39, 0.29) is 41.9 Å². The van der Waals surface area contributed by atoms with Gasteiger partial charge in [-0.2, -0.15) is 4.99 Å². The van der Waals surface area contributed by atoms with Crippen LogP contribution < -0.4 is 14.2 Å². The summed E-state index contributed by atoms with van der Waals surface area (Å²) in [6.07, 6.45) is 0.111. The van der Waals surface area contributed by atoms with Crippen molar-refractivity contribution in [3.63, 3.8) is 0 Å². The predicted molar refractivity (Wildman–Crippen MR) is 121 cm³/mol. The highest BCUT2D eigenvalue weighted by Crippen LogP contribution is 2.40. The average molecular weight is 475 g/mol. The Balaban J connectivity index is 1.40. The number of amides is 1. The van der Waals surface area contributed by atoms with Crippen LogP contribution in [0.5, 0.6) is 17.2 Å². The van der Waals surface area contributed by atoms with Crippen molar-refractivity contribution in [1.29, 1.82) is 0 Å². The number of hydrogen-bond acceptors (Lipinski definition) is 7. The van der Waals surface area contributed by atoms with Gasteiger partial charge in [0.25, 0.3) is 5.91 Å². The molecule has 0 radical (unpaired) electrons. The van der Waals surface area contributed by atoms with Crippen molar-refractivity contribution < 1.29 is 27.4 Å². The molecule has 0 saturated carbocycles. The molecule has 3 heterocycles. The van der Waals surface area contributed by atoms with Crippen LogP contribution in [0.2, 0.25) is 0 Å². The molecule has 0 N–H and O–H groups in total. The van der Waals surface area contributed by atoms with Crippen molar-refractivity contribution in [2.24, 2.45) is 4.99 Å². The van der Waals surface area contributed by atoms with Crippen molar-refractivity contribution in [2.45, 2.75) is 24.3 Å². The second kappa shape index (κ2) is 8.32. The van der Waals surface area contributed by atoms with Crippen LogP contribution in [-0.2, 0) is 27.6 Å². The molecule has 5 rings (SSSR count). The van der Waals surface area contributed by atoms with Gasteiger partial charge in [-0.15, -0.1) is 0 Å². The summed E-state index contributed by atoms with van der Waals surface area (Å²) in [5.74, 6) is 1.85. The molecular weight excluding hydrogens is 452 g/mol. The summed E-state index contributed by atoms with van der Waals surface area (Å²) in [4.78, 5) is 19.1. The van der Waals surface area contributed by atoms with Gasteiger partial charge in [0.2, 0.25) is 6.79 Å². The number of hydrogen-bond donors (Lipinski definition) is 0. The molecule has 0 bridgehead atoms. The summed E-state index contributed by atoms with van der Waals surface area (Å²) in [6.45, 7) is 0.618. The topological polar surface area (TPSA) is 94.5 Å². The van der Waals surface area contributed by atoms with Gasteiger partial charge in [0.15, 0.2) is 26.5 Å². The average Bonchev–Trinajstić information content (AvgIpc) is 3.42. The Morgan fingerprint density at radius 2 is 2.00 bits per heavy atom. The van der Waals surface area contributed by atoms with Crippen molar-refractivity contribution in [2.75, 3.05) is 25.4 Å². The van der Waals surface area contributed by atoms with Gasteiger partial charge in [-0.05, 0) is 23.8 Å². The summed E-state index contributed by atoms with van der Waals surface area (Å²) in [6, 6.07) is 12.8. The maximum atomic E-state index is 12.8. The number of para-hydroxylation sites is 1. The van der Waals surface area contributed by atoms with E-state index in [4.69, 9.17) is 14.2 Å². The van der Waals surface area contributed by atoms with Gasteiger partial charge >= 0.3 is 0 Å². The summed E-state index contributed by atoms with van der Waals surface area (Å²) >= 11 is 1.37. The number of methoxy groups -OCH3 is 1. The van der Waals surface area contributed by atoms with Crippen LogP contribution >= 0.6 is 11.8 Å². The first-order valence-corrected chi connectivity index (χ1v) is 12.9. The van der Waals surface area contributed by atoms with Crippen molar-refractivity contribution in [3.05, 3.63) is 53.6 Å². The fraction of sp³-hybridized carbons (Fsp3) is 0.364. The highest BCUT2D eigenvalue weighted by atomic mass is 32.2. The van der Waals surface area contributed by atoms with Crippen molar-refractivity contribution in [1.82, 2.24) is 4.90 Å². The predicted octanol–water partition coefficient (Wildman–Crippen LogP) is 2.26. The van der Waals surface area contributed by atoms with E-state index in [1.807, 2.05) is 41.3 Å². The highest BCUT2D eigenvalue weighted by Gasteiger charge is 2.48. The van der Waals surface area contributed by atoms with E-state index in [0.29, 0.717) is 29.0 Å². The monoisotopic (exact) mass is 474 g/mol. The Bertz CT molecular complexity index is 1200. The zero-order valence-electron chi connectivity index (χ0n) is 17.4. The molecular formula is C22H22N2O6S2. The van der Waals surface area contributed by atoms with E-state index in [9.17, 15) is 13.2 Å². The number of nitrogens with zero attached hydrogens (tertiary/aromatic N) is 2. The number of sulfone groups is 1. The number of aliphatic imine (C=N–C) groups is 1. The standard InChI is InChI=1S/C22H22N2O6S2/c1-28-17-5-3-2-4-15(17)9-21(25)23-22-24(16-11-32(26,27)12-20(16)31-22)10-14-6-7-18-19(8-14)30-13-29-18/h2-8,16,20H,9-13H2,1H3/t16-,20-/m1/s1. The largest absolute Gasteiger partial charge is 0.496 e. The van der Waals surface area contributed by atoms with Gasteiger partial charge in [-0.1, -0.05) is 36.0 Å². The minimum Gasteiger partial charge on any atom is -0.496 e. The van der Waals surface area contributed by atoms with Gasteiger partial charge < -0.3 is 19.1 Å². The first-order chi connectivity index (χ1) is 15.4. The molecule has 0 spiro atoms. The first kappa shape index (κ1) is 21.1. The number of carbonyl (C=O) groups is 1. The summed E-state index contributed by atoms with van der Waals surface area (Å²) in [5, 5.41) is 0.430. The third-order valence-corrected chi connectivity index (χ3v) is 8.97. The molecule has 2 aromatic rings. The molecule has 0 aromatic heterocycles. The number of benzene rings is 2. The molecule has 168 valence electrons. The van der Waals surface area contributed by atoms with Crippen LogP contribution in [0.4, 0.5) is 0 Å². The number of carbonyl (C=O) groups excluding carboxylic acids is 1. The molecule has 3 aliphatic heterocycles. The third kappa shape index (κ3) is 4.16. The van der Waals surface area contributed by atoms with Crippen molar-refractivity contribution >= 4 is 32.7 Å². The summed E-state index contributed by atoms with van der Waals surface area (Å²) in [7, 11) is -1.55. The lowest BCUT2D eigenvalue weighted by Gasteiger charge is -2.24. The normalized spacial score (nSPS) is 24.0. The smallest absolute Gasteiger partial charge is 0.252 e. The van der Waals surface area contributed by atoms with Crippen LogP contribution in [0, 0.1) is 0 Å². The molecule has 2 aromatic carbocycles. The van der Waals surface area contributed by atoms with Crippen LogP contribution in [0.15, 0.2) is 47.5 Å². The molecule has 2 saturated heterocycles. The number of rotatable bonds is 5. The van der Waals surface area contributed by atoms with E-state index >= 15 is 0 Å². The minimum absolute atomic E-state index is 0.0644. The number of amidine groups is 1. The quantitative estimate of drug-likeness (QED) is 0.652. The summed E-state index contributed by atoms with van der Waals surface area (Å²) in [5.41, 5.74) is 1.70. The van der Waals surface area contributed by atoms with E-state index in [1.54, 1.807) is 13.2 Å². The van der Waals surface area contributed by atoms with Crippen LogP contribution in [0.3, 0.4) is 0 Å². The molecule has 8 nitrogen and oxygen atoms in total. The van der Waals surface area contributed by atoms with Crippen LogP contribution in [-0.4, -0.2) is 61.1 Å². The van der Waals surface area contributed by atoms with Gasteiger partial charge in [0.1, 0.15) is 5.75 Å². The Morgan fingerprint density at radius 1 is 1.19 bits per heavy atom. The maximum Gasteiger partial charge on any atom is 0.252 e. The van der Waals surface area contributed by atoms with Crippen LogP contribution in [0.1, 0.15) is 11.1 Å².